The molecule has 5 N–H and O–H groups in total. The van der Waals surface area contributed by atoms with Crippen LogP contribution in [-0.2, 0) is 13.1 Å². The van der Waals surface area contributed by atoms with Crippen LogP contribution in [0.4, 0.5) is 11.6 Å². The number of anilines is 2. The normalized spacial score (nSPS) is 10.7. The van der Waals surface area contributed by atoms with Gasteiger partial charge in [-0.2, -0.15) is 0 Å². The SMILES string of the molecule is C.Cc1ccc(-c2ccc(-c3ccccc3Cl)n2Cc2cccc(N)n2)cc1.Nc1cccc(Cn2c(-c3ccc(O)cc3)ccc2-c2ccccc2Cl)n1. The average Bonchev–Trinajstić information content (AvgIpc) is 3.77. The largest absolute Gasteiger partial charge is 0.508 e. The quantitative estimate of drug-likeness (QED) is 0.143. The molecule has 0 spiro atoms. The van der Waals surface area contributed by atoms with Gasteiger partial charge >= 0.3 is 0 Å². The second-order valence-electron chi connectivity index (χ2n) is 12.9. The van der Waals surface area contributed by atoms with E-state index in [2.05, 4.69) is 74.6 Å². The Hall–Kier alpha value is -6.28. The fourth-order valence-corrected chi connectivity index (χ4v) is 6.91. The van der Waals surface area contributed by atoms with Gasteiger partial charge in [-0.25, -0.2) is 9.97 Å². The summed E-state index contributed by atoms with van der Waals surface area (Å²) in [6, 6.07) is 51.1. The monoisotopic (exact) mass is 764 g/mol. The van der Waals surface area contributed by atoms with E-state index < -0.39 is 0 Å². The Morgan fingerprint density at radius 1 is 0.491 bits per heavy atom. The Morgan fingerprint density at radius 3 is 1.31 bits per heavy atom. The number of aryl methyl sites for hydroxylation is 1. The Morgan fingerprint density at radius 2 is 0.891 bits per heavy atom. The second-order valence-corrected chi connectivity index (χ2v) is 13.7. The molecule has 0 radical (unpaired) electrons. The molecular weight excluding hydrogens is 723 g/mol. The van der Waals surface area contributed by atoms with Gasteiger partial charge in [0.05, 0.1) is 35.9 Å². The highest BCUT2D eigenvalue weighted by atomic mass is 35.5. The number of halogens is 2. The van der Waals surface area contributed by atoms with Crippen LogP contribution in [0.25, 0.3) is 45.0 Å². The van der Waals surface area contributed by atoms with Gasteiger partial charge in [-0.15, -0.1) is 0 Å². The van der Waals surface area contributed by atoms with Crippen LogP contribution in [0.3, 0.4) is 0 Å². The topological polar surface area (TPSA) is 108 Å². The van der Waals surface area contributed by atoms with E-state index >= 15 is 0 Å². The van der Waals surface area contributed by atoms with Crippen molar-refractivity contribution in [3.63, 3.8) is 0 Å². The molecule has 0 atom stereocenters. The zero-order chi connectivity index (χ0) is 37.6. The molecule has 4 aromatic heterocycles. The lowest BCUT2D eigenvalue weighted by atomic mass is 10.1. The van der Waals surface area contributed by atoms with Crippen LogP contribution < -0.4 is 11.5 Å². The standard InChI is InChI=1S/C23H20ClN3.C22H18ClN3O.CH4/c1-16-9-11-17(12-10-16)21-13-14-22(19-6-2-3-7-20(19)24)27(21)15-18-5-4-8-23(25)26-18;23-19-6-2-1-5-18(19)21-13-12-20(15-8-10-17(27)11-9-15)26(21)14-16-4-3-7-22(24)25-16;/h2-14H,15H2,1H3,(H2,25,26);1-13,27H,14H2,(H2,24,25);1H4. The van der Waals surface area contributed by atoms with Crippen LogP contribution in [-0.4, -0.2) is 24.2 Å². The first-order valence-corrected chi connectivity index (χ1v) is 18.2. The number of rotatable bonds is 8. The summed E-state index contributed by atoms with van der Waals surface area (Å²) in [4.78, 5) is 8.92. The molecule has 0 aliphatic rings. The molecule has 8 rings (SSSR count). The van der Waals surface area contributed by atoms with Crippen molar-refractivity contribution in [2.24, 2.45) is 0 Å². The fourth-order valence-electron chi connectivity index (χ4n) is 6.44. The van der Waals surface area contributed by atoms with Crippen LogP contribution >= 0.6 is 23.2 Å². The smallest absolute Gasteiger partial charge is 0.123 e. The summed E-state index contributed by atoms with van der Waals surface area (Å²) in [7, 11) is 0. The van der Waals surface area contributed by atoms with Crippen molar-refractivity contribution < 1.29 is 5.11 Å². The number of hydrogen-bond acceptors (Lipinski definition) is 5. The van der Waals surface area contributed by atoms with Gasteiger partial charge in [0, 0.05) is 32.6 Å². The summed E-state index contributed by atoms with van der Waals surface area (Å²) in [6.07, 6.45) is 0. The molecule has 0 saturated carbocycles. The van der Waals surface area contributed by atoms with Gasteiger partial charge in [-0.3, -0.25) is 0 Å². The summed E-state index contributed by atoms with van der Waals surface area (Å²) in [6.45, 7) is 3.26. The molecule has 7 nitrogen and oxygen atoms in total. The summed E-state index contributed by atoms with van der Waals surface area (Å²) in [5, 5.41) is 11.0. The first-order valence-electron chi connectivity index (χ1n) is 17.4. The van der Waals surface area contributed by atoms with Gasteiger partial charge < -0.3 is 25.7 Å². The van der Waals surface area contributed by atoms with Gasteiger partial charge in [0.15, 0.2) is 0 Å². The molecule has 0 aliphatic heterocycles. The molecule has 4 aromatic carbocycles. The average molecular weight is 766 g/mol. The van der Waals surface area contributed by atoms with Crippen LogP contribution in [0.15, 0.2) is 158 Å². The molecule has 0 unspecified atom stereocenters. The van der Waals surface area contributed by atoms with Crippen molar-refractivity contribution in [3.8, 4) is 50.8 Å². The lowest BCUT2D eigenvalue weighted by Gasteiger charge is -2.15. The van der Waals surface area contributed by atoms with E-state index in [1.807, 2.05) is 84.9 Å². The highest BCUT2D eigenvalue weighted by Gasteiger charge is 2.16. The fraction of sp³-hybridized carbons (Fsp3) is 0.0870. The molecular formula is C46H42Cl2N6O. The zero-order valence-corrected chi connectivity index (χ0v) is 31.1. The molecule has 0 aliphatic carbocycles. The Labute approximate surface area is 332 Å². The maximum Gasteiger partial charge on any atom is 0.123 e. The number of aromatic hydroxyl groups is 1. The van der Waals surface area contributed by atoms with Crippen molar-refractivity contribution in [1.82, 2.24) is 19.1 Å². The van der Waals surface area contributed by atoms with Gasteiger partial charge in [0.2, 0.25) is 0 Å². The van der Waals surface area contributed by atoms with E-state index in [0.29, 0.717) is 29.7 Å². The van der Waals surface area contributed by atoms with Crippen LogP contribution in [0, 0.1) is 6.92 Å². The minimum Gasteiger partial charge on any atom is -0.508 e. The van der Waals surface area contributed by atoms with Gasteiger partial charge in [0.1, 0.15) is 17.4 Å². The zero-order valence-electron chi connectivity index (χ0n) is 29.6. The van der Waals surface area contributed by atoms with E-state index in [1.54, 1.807) is 24.3 Å². The third-order valence-corrected chi connectivity index (χ3v) is 9.73. The number of hydrogen-bond donors (Lipinski definition) is 3. The number of nitrogens with zero attached hydrogens (tertiary/aromatic N) is 4. The molecule has 0 bridgehead atoms. The summed E-state index contributed by atoms with van der Waals surface area (Å²) in [5.74, 6) is 1.25. The molecule has 0 fully saturated rings. The molecule has 276 valence electrons. The summed E-state index contributed by atoms with van der Waals surface area (Å²) in [5.41, 5.74) is 23.0. The van der Waals surface area contributed by atoms with E-state index in [9.17, 15) is 5.11 Å². The number of phenols is 1. The number of phenolic OH excluding ortho intramolecular Hbond substituents is 1. The second kappa shape index (κ2) is 17.2. The first-order chi connectivity index (χ1) is 26.2. The van der Waals surface area contributed by atoms with Crippen molar-refractivity contribution in [2.75, 3.05) is 11.5 Å². The minimum atomic E-state index is 0. The number of aromatic nitrogens is 4. The van der Waals surface area contributed by atoms with Crippen LogP contribution in [0.2, 0.25) is 10.0 Å². The summed E-state index contributed by atoms with van der Waals surface area (Å²) < 4.78 is 4.41. The Balaban J connectivity index is 0.000000184. The van der Waals surface area contributed by atoms with Crippen LogP contribution in [0.5, 0.6) is 5.75 Å². The van der Waals surface area contributed by atoms with Gasteiger partial charge in [-0.1, -0.05) is 109 Å². The highest BCUT2D eigenvalue weighted by molar-refractivity contribution is 6.33. The molecule has 4 heterocycles. The van der Waals surface area contributed by atoms with E-state index in [-0.39, 0.29) is 13.2 Å². The van der Waals surface area contributed by atoms with E-state index in [1.165, 1.54) is 5.56 Å². The molecule has 9 heteroatoms. The van der Waals surface area contributed by atoms with Crippen molar-refractivity contribution >= 4 is 34.8 Å². The Kier molecular flexibility index (Phi) is 12.1. The van der Waals surface area contributed by atoms with Gasteiger partial charge in [0.25, 0.3) is 0 Å². The van der Waals surface area contributed by atoms with Crippen molar-refractivity contribution in [2.45, 2.75) is 27.4 Å². The first kappa shape index (κ1) is 38.4. The summed E-state index contributed by atoms with van der Waals surface area (Å²) >= 11 is 12.9. The number of nitrogen functional groups attached to an aromatic ring is 2. The molecule has 0 saturated heterocycles. The van der Waals surface area contributed by atoms with E-state index in [0.717, 1.165) is 61.4 Å². The maximum atomic E-state index is 9.61. The third-order valence-electron chi connectivity index (χ3n) is 9.07. The third kappa shape index (κ3) is 8.92. The van der Waals surface area contributed by atoms with E-state index in [4.69, 9.17) is 34.7 Å². The minimum absolute atomic E-state index is 0. The maximum absolute atomic E-state index is 9.61. The predicted molar refractivity (Wildman–Crippen MR) is 229 cm³/mol. The van der Waals surface area contributed by atoms with Crippen LogP contribution in [0.1, 0.15) is 24.4 Å². The van der Waals surface area contributed by atoms with Crippen molar-refractivity contribution in [1.29, 1.82) is 0 Å². The number of nitrogens with two attached hydrogens (primary N) is 2. The number of benzene rings is 4. The lowest BCUT2D eigenvalue weighted by molar-refractivity contribution is 0.475. The van der Waals surface area contributed by atoms with Crippen molar-refractivity contribution in [3.05, 3.63) is 185 Å². The molecule has 8 aromatic rings. The lowest BCUT2D eigenvalue weighted by Crippen LogP contribution is -2.06. The highest BCUT2D eigenvalue weighted by Crippen LogP contribution is 2.35. The predicted octanol–water partition coefficient (Wildman–Crippen LogP) is 11.7. The van der Waals surface area contributed by atoms with Gasteiger partial charge in [-0.05, 0) is 103 Å². The Bertz CT molecular complexity index is 2350. The number of pyridine rings is 2. The molecule has 55 heavy (non-hydrogen) atoms. The molecule has 0 amide bonds.